The Kier molecular flexibility index (Phi) is 7.65. The van der Waals surface area contributed by atoms with Crippen molar-refractivity contribution in [2.45, 2.75) is 57.6 Å². The molecule has 2 aliphatic rings. The zero-order valence-electron chi connectivity index (χ0n) is 25.6. The highest BCUT2D eigenvalue weighted by atomic mass is 16.7. The van der Waals surface area contributed by atoms with Gasteiger partial charge in [0.15, 0.2) is 0 Å². The van der Waals surface area contributed by atoms with Gasteiger partial charge in [0.25, 0.3) is 5.91 Å². The minimum atomic E-state index is -0.559. The maximum absolute atomic E-state index is 15.4. The number of benzene rings is 4. The lowest BCUT2D eigenvalue weighted by Crippen LogP contribution is -2.32. The molecular weight excluding hydrogens is 542 g/mol. The van der Waals surface area contributed by atoms with E-state index in [9.17, 15) is 0 Å². The van der Waals surface area contributed by atoms with Gasteiger partial charge in [-0.2, -0.15) is 9.78 Å². The maximum atomic E-state index is 15.4. The van der Waals surface area contributed by atoms with E-state index >= 15 is 4.79 Å². The molecule has 1 aromatic heterocycles. The van der Waals surface area contributed by atoms with Crippen LogP contribution in [0.2, 0.25) is 0 Å². The summed E-state index contributed by atoms with van der Waals surface area (Å²) in [4.78, 5) is 22.2. The predicted octanol–water partition coefficient (Wildman–Crippen LogP) is 9.38. The molecule has 5 nitrogen and oxygen atoms in total. The largest absolute Gasteiger partial charge is 0.272 e. The van der Waals surface area contributed by atoms with Crippen molar-refractivity contribution in [2.24, 2.45) is 11.8 Å². The zero-order valence-corrected chi connectivity index (χ0v) is 25.6. The van der Waals surface area contributed by atoms with Crippen LogP contribution in [0.1, 0.15) is 84.8 Å². The van der Waals surface area contributed by atoms with Crippen molar-refractivity contribution >= 4 is 11.6 Å². The van der Waals surface area contributed by atoms with Crippen LogP contribution >= 0.6 is 0 Å². The topological polar surface area (TPSA) is 47.4 Å². The number of carbonyl (C=O) groups is 1. The first kappa shape index (κ1) is 28.3. The fraction of sp³-hybridized carbons (Fsp3) is 0.282. The van der Waals surface area contributed by atoms with Gasteiger partial charge in [-0.3, -0.25) is 9.63 Å². The van der Waals surface area contributed by atoms with Gasteiger partial charge in [0.1, 0.15) is 12.0 Å². The molecule has 0 N–H and O–H groups in total. The van der Waals surface area contributed by atoms with Gasteiger partial charge < -0.3 is 0 Å². The number of nitrogens with zero attached hydrogens (tertiary/aromatic N) is 3. The fourth-order valence-corrected chi connectivity index (χ4v) is 7.27. The summed E-state index contributed by atoms with van der Waals surface area (Å²) in [6.45, 7) is 6.83. The molecule has 5 atom stereocenters. The molecule has 4 aromatic carbocycles. The van der Waals surface area contributed by atoms with Gasteiger partial charge in [0.05, 0.1) is 23.1 Å². The summed E-state index contributed by atoms with van der Waals surface area (Å²) in [7, 11) is 0. The van der Waals surface area contributed by atoms with Crippen LogP contribution in [0, 0.1) is 11.8 Å². The highest BCUT2D eigenvalue weighted by Gasteiger charge is 2.51. The third-order valence-corrected chi connectivity index (χ3v) is 9.48. The number of hydroxylamine groups is 1. The van der Waals surface area contributed by atoms with Gasteiger partial charge in [-0.15, -0.1) is 0 Å². The first-order chi connectivity index (χ1) is 21.5. The number of rotatable bonds is 6. The number of carbonyl (C=O) groups excluding carboxylic acids is 1. The summed E-state index contributed by atoms with van der Waals surface area (Å²) in [6.07, 6.45) is 1.67. The summed E-state index contributed by atoms with van der Waals surface area (Å²) < 4.78 is 1.76. The maximum Gasteiger partial charge on any atom is 0.256 e. The third-order valence-electron chi connectivity index (χ3n) is 9.48. The average Bonchev–Trinajstić information content (AvgIpc) is 3.67. The molecule has 1 aliphatic carbocycles. The average molecular weight is 582 g/mol. The molecule has 0 spiro atoms. The standard InChI is InChI=1S/C39H39N3O2/c1-26(2)32-25-24-27(3)33-35(32)40-41(36(33)28-16-8-4-9-17-28)39(43)34-37(29-18-10-5-11-19-29)42(31-22-14-7-15-23-31)44-38(34)30-20-12-6-13-21-30/h4-23,26-27,32,34,37-38H,24-25H2,1-3H3/t27-,32+,34-,37-,38+/m1/s1. The van der Waals surface area contributed by atoms with Crippen LogP contribution in [0.15, 0.2) is 121 Å². The molecule has 5 heteroatoms. The van der Waals surface area contributed by atoms with Gasteiger partial charge in [0, 0.05) is 17.0 Å². The van der Waals surface area contributed by atoms with Gasteiger partial charge in [-0.1, -0.05) is 130 Å². The molecule has 7 rings (SSSR count). The van der Waals surface area contributed by atoms with E-state index in [0.29, 0.717) is 17.8 Å². The van der Waals surface area contributed by atoms with Gasteiger partial charge in [0.2, 0.25) is 0 Å². The Hall–Kier alpha value is -4.48. The van der Waals surface area contributed by atoms with E-state index in [1.165, 1.54) is 5.56 Å². The minimum Gasteiger partial charge on any atom is -0.272 e. The molecule has 0 bridgehead atoms. The molecule has 222 valence electrons. The van der Waals surface area contributed by atoms with Gasteiger partial charge >= 0.3 is 0 Å². The van der Waals surface area contributed by atoms with E-state index in [-0.39, 0.29) is 11.9 Å². The Morgan fingerprint density at radius 3 is 1.95 bits per heavy atom. The number of fused-ring (bicyclic) bond motifs is 1. The lowest BCUT2D eigenvalue weighted by Gasteiger charge is -2.29. The molecule has 1 fully saturated rings. The summed E-state index contributed by atoms with van der Waals surface area (Å²) in [5.74, 6) is 0.451. The zero-order chi connectivity index (χ0) is 30.2. The van der Waals surface area contributed by atoms with Crippen molar-refractivity contribution in [1.82, 2.24) is 9.78 Å². The van der Waals surface area contributed by atoms with Crippen molar-refractivity contribution in [3.63, 3.8) is 0 Å². The second-order valence-corrected chi connectivity index (χ2v) is 12.6. The number of anilines is 1. The number of hydrogen-bond acceptors (Lipinski definition) is 4. The molecule has 1 saturated heterocycles. The first-order valence-corrected chi connectivity index (χ1v) is 15.9. The van der Waals surface area contributed by atoms with Crippen LogP contribution in [0.4, 0.5) is 5.69 Å². The third kappa shape index (κ3) is 4.95. The molecule has 5 aromatic rings. The Morgan fingerprint density at radius 2 is 1.34 bits per heavy atom. The van der Waals surface area contributed by atoms with E-state index in [2.05, 4.69) is 57.2 Å². The number of aromatic nitrogens is 2. The van der Waals surface area contributed by atoms with E-state index in [1.807, 2.05) is 90.0 Å². The van der Waals surface area contributed by atoms with Crippen LogP contribution in [0.5, 0.6) is 0 Å². The van der Waals surface area contributed by atoms with E-state index < -0.39 is 12.0 Å². The van der Waals surface area contributed by atoms with Gasteiger partial charge in [-0.25, -0.2) is 5.06 Å². The Labute approximate surface area is 260 Å². The predicted molar refractivity (Wildman–Crippen MR) is 175 cm³/mol. The summed E-state index contributed by atoms with van der Waals surface area (Å²) >= 11 is 0. The van der Waals surface area contributed by atoms with E-state index in [4.69, 9.17) is 9.94 Å². The number of hydrogen-bond donors (Lipinski definition) is 0. The molecule has 0 amide bonds. The van der Waals surface area contributed by atoms with Crippen molar-refractivity contribution in [1.29, 1.82) is 0 Å². The van der Waals surface area contributed by atoms with Crippen LogP contribution in [-0.4, -0.2) is 15.7 Å². The van der Waals surface area contributed by atoms with E-state index in [0.717, 1.165) is 46.6 Å². The number of para-hydroxylation sites is 1. The first-order valence-electron chi connectivity index (χ1n) is 15.9. The quantitative estimate of drug-likeness (QED) is 0.200. The van der Waals surface area contributed by atoms with Crippen molar-refractivity contribution < 1.29 is 9.63 Å². The SMILES string of the molecule is CC(C)[C@@H]1CC[C@@H](C)c2c1nn(C(=O)[C@@H]1[C@@H](c3ccccc3)N(c3ccccc3)O[C@H]1c1ccccc1)c2-c1ccccc1. The van der Waals surface area contributed by atoms with Crippen molar-refractivity contribution in [3.8, 4) is 11.3 Å². The summed E-state index contributed by atoms with van der Waals surface area (Å²) in [5, 5.41) is 7.22. The summed E-state index contributed by atoms with van der Waals surface area (Å²) in [5.41, 5.74) is 7.17. The second-order valence-electron chi connectivity index (χ2n) is 12.6. The highest BCUT2D eigenvalue weighted by Crippen LogP contribution is 2.51. The fourth-order valence-electron chi connectivity index (χ4n) is 7.27. The molecule has 1 aliphatic heterocycles. The van der Waals surface area contributed by atoms with Crippen molar-refractivity contribution in [2.75, 3.05) is 5.06 Å². The van der Waals surface area contributed by atoms with Crippen LogP contribution < -0.4 is 5.06 Å². The van der Waals surface area contributed by atoms with Crippen molar-refractivity contribution in [3.05, 3.63) is 144 Å². The van der Waals surface area contributed by atoms with E-state index in [1.54, 1.807) is 4.68 Å². The van der Waals surface area contributed by atoms with Crippen LogP contribution in [0.25, 0.3) is 11.3 Å². The normalized spacial score (nSPS) is 23.1. The molecule has 44 heavy (non-hydrogen) atoms. The monoisotopic (exact) mass is 581 g/mol. The molecule has 0 saturated carbocycles. The smallest absolute Gasteiger partial charge is 0.256 e. The van der Waals surface area contributed by atoms with Gasteiger partial charge in [-0.05, 0) is 47.9 Å². The van der Waals surface area contributed by atoms with Crippen LogP contribution in [0.3, 0.4) is 0 Å². The molecule has 0 radical (unpaired) electrons. The lowest BCUT2D eigenvalue weighted by molar-refractivity contribution is 0.0542. The Bertz CT molecular complexity index is 1720. The highest BCUT2D eigenvalue weighted by molar-refractivity contribution is 5.89. The molecular formula is C39H39N3O2. The molecule has 0 unspecified atom stereocenters. The second kappa shape index (κ2) is 11.9. The summed E-state index contributed by atoms with van der Waals surface area (Å²) in [6, 6.07) is 40.5. The Morgan fingerprint density at radius 1 is 0.773 bits per heavy atom. The van der Waals surface area contributed by atoms with Crippen LogP contribution in [-0.2, 0) is 4.84 Å². The molecule has 2 heterocycles. The Balaban J connectivity index is 1.45. The minimum absolute atomic E-state index is 0.0471. The lowest BCUT2D eigenvalue weighted by atomic mass is 9.75.